The highest BCUT2D eigenvalue weighted by Crippen LogP contribution is 2.35. The van der Waals surface area contributed by atoms with Crippen LogP contribution in [0.4, 0.5) is 0 Å². The van der Waals surface area contributed by atoms with Crippen molar-refractivity contribution in [2.24, 2.45) is 0 Å². The van der Waals surface area contributed by atoms with Gasteiger partial charge in [0.05, 0.1) is 19.3 Å². The Morgan fingerprint density at radius 2 is 1.97 bits per heavy atom. The molecule has 9 nitrogen and oxygen atoms in total. The molecule has 3 aromatic rings. The number of rotatable bonds is 10. The number of carbonyl (C=O) groups is 2. The van der Waals surface area contributed by atoms with Crippen LogP contribution >= 0.6 is 23.4 Å². The molecule has 1 heterocycles. The van der Waals surface area contributed by atoms with Crippen LogP contribution in [0.1, 0.15) is 12.5 Å². The maximum absolute atomic E-state index is 11.9. The molecule has 3 rings (SSSR count). The Hall–Kier alpha value is -3.50. The average molecular weight is 491 g/mol. The molecule has 0 bridgehead atoms. The van der Waals surface area contributed by atoms with Gasteiger partial charge in [-0.1, -0.05) is 29.8 Å². The fourth-order valence-electron chi connectivity index (χ4n) is 2.65. The van der Waals surface area contributed by atoms with Crippen molar-refractivity contribution in [2.75, 3.05) is 20.3 Å². The third kappa shape index (κ3) is 6.50. The molecule has 0 atom stereocenters. The molecule has 1 N–H and O–H groups in total. The van der Waals surface area contributed by atoms with E-state index in [0.29, 0.717) is 27.6 Å². The number of carboxylic acid groups (broad SMARTS) is 1. The summed E-state index contributed by atoms with van der Waals surface area (Å²) in [5, 5.41) is 18.0. The van der Waals surface area contributed by atoms with Gasteiger partial charge in [-0.25, -0.2) is 9.59 Å². The average Bonchev–Trinajstić information content (AvgIpc) is 3.26. The van der Waals surface area contributed by atoms with Crippen LogP contribution in [0.2, 0.25) is 5.02 Å². The van der Waals surface area contributed by atoms with Crippen LogP contribution in [0.5, 0.6) is 11.5 Å². The minimum atomic E-state index is -1.21. The number of para-hydroxylation sites is 1. The number of carboxylic acids is 1. The van der Waals surface area contributed by atoms with Gasteiger partial charge in [-0.3, -0.25) is 0 Å². The molecule has 0 aliphatic rings. The van der Waals surface area contributed by atoms with E-state index in [1.807, 2.05) is 0 Å². The number of hydrogen-bond donors (Lipinski definition) is 1. The summed E-state index contributed by atoms with van der Waals surface area (Å²) >= 11 is 6.81. The predicted octanol–water partition coefficient (Wildman–Crippen LogP) is 4.56. The quantitative estimate of drug-likeness (QED) is 0.246. The van der Waals surface area contributed by atoms with Crippen molar-refractivity contribution in [2.45, 2.75) is 12.1 Å². The standard InChI is InChI=1S/C22H19ClN2O7S/c1-3-30-19(26)12-31-16-7-5-4-6-13(16)10-18(21(27)28)33-22-25-24-20(32-22)15-11-14(23)8-9-17(15)29-2/h4-11H,3,12H2,1-2H3,(H,27,28)/b18-10-. The fraction of sp³-hybridized carbons (Fsp3) is 0.182. The first kappa shape index (κ1) is 24.1. The lowest BCUT2D eigenvalue weighted by Gasteiger charge is -2.09. The number of thioether (sulfide) groups is 1. The van der Waals surface area contributed by atoms with Gasteiger partial charge >= 0.3 is 11.9 Å². The molecule has 0 radical (unpaired) electrons. The summed E-state index contributed by atoms with van der Waals surface area (Å²) < 4.78 is 21.2. The first-order valence-electron chi connectivity index (χ1n) is 9.59. The van der Waals surface area contributed by atoms with Crippen LogP contribution in [0.3, 0.4) is 0 Å². The first-order chi connectivity index (χ1) is 15.9. The number of hydrogen-bond acceptors (Lipinski definition) is 9. The van der Waals surface area contributed by atoms with E-state index in [2.05, 4.69) is 10.2 Å². The van der Waals surface area contributed by atoms with E-state index in [4.69, 9.17) is 30.2 Å². The summed E-state index contributed by atoms with van der Waals surface area (Å²) in [7, 11) is 1.49. The van der Waals surface area contributed by atoms with Gasteiger partial charge < -0.3 is 23.7 Å². The number of aromatic nitrogens is 2. The second kappa shape index (κ2) is 11.4. The highest BCUT2D eigenvalue weighted by Gasteiger charge is 2.19. The van der Waals surface area contributed by atoms with E-state index in [1.54, 1.807) is 49.4 Å². The lowest BCUT2D eigenvalue weighted by atomic mass is 10.2. The number of carbonyl (C=O) groups excluding carboxylic acids is 1. The predicted molar refractivity (Wildman–Crippen MR) is 121 cm³/mol. The smallest absolute Gasteiger partial charge is 0.344 e. The second-order valence-corrected chi connectivity index (χ2v) is 7.69. The minimum absolute atomic E-state index is 0.00519. The molecular formula is C22H19ClN2O7S. The molecule has 0 aliphatic carbocycles. The Kier molecular flexibility index (Phi) is 8.34. The number of ether oxygens (including phenoxy) is 3. The van der Waals surface area contributed by atoms with Gasteiger partial charge in [-0.15, -0.1) is 10.2 Å². The summed E-state index contributed by atoms with van der Waals surface area (Å²) in [6.45, 7) is 1.62. The summed E-state index contributed by atoms with van der Waals surface area (Å²) in [6.07, 6.45) is 1.39. The van der Waals surface area contributed by atoms with E-state index < -0.39 is 11.9 Å². The van der Waals surface area contributed by atoms with Crippen LogP contribution in [-0.4, -0.2) is 47.6 Å². The highest BCUT2D eigenvalue weighted by atomic mass is 35.5. The molecule has 0 unspecified atom stereocenters. The number of esters is 1. The van der Waals surface area contributed by atoms with Gasteiger partial charge in [0.15, 0.2) is 6.61 Å². The van der Waals surface area contributed by atoms with Crippen LogP contribution in [0.25, 0.3) is 17.5 Å². The Labute approximate surface area is 198 Å². The number of methoxy groups -OCH3 is 1. The van der Waals surface area contributed by atoms with Crippen molar-refractivity contribution in [3.8, 4) is 23.0 Å². The largest absolute Gasteiger partial charge is 0.496 e. The Morgan fingerprint density at radius 3 is 2.70 bits per heavy atom. The molecule has 0 amide bonds. The van der Waals surface area contributed by atoms with E-state index >= 15 is 0 Å². The molecule has 2 aromatic carbocycles. The zero-order chi connectivity index (χ0) is 23.8. The lowest BCUT2D eigenvalue weighted by molar-refractivity contribution is -0.145. The lowest BCUT2D eigenvalue weighted by Crippen LogP contribution is -2.14. The second-order valence-electron chi connectivity index (χ2n) is 6.27. The van der Waals surface area contributed by atoms with Gasteiger partial charge in [0.2, 0.25) is 0 Å². The van der Waals surface area contributed by atoms with Crippen molar-refractivity contribution in [1.29, 1.82) is 0 Å². The zero-order valence-corrected chi connectivity index (χ0v) is 19.2. The molecule has 0 aliphatic heterocycles. The van der Waals surface area contributed by atoms with Crippen molar-refractivity contribution >= 4 is 41.4 Å². The molecule has 0 saturated heterocycles. The highest BCUT2D eigenvalue weighted by molar-refractivity contribution is 8.03. The molecule has 0 fully saturated rings. The van der Waals surface area contributed by atoms with Gasteiger partial charge in [-0.05, 0) is 49.0 Å². The molecular weight excluding hydrogens is 472 g/mol. The van der Waals surface area contributed by atoms with E-state index in [1.165, 1.54) is 13.2 Å². The Bertz CT molecular complexity index is 1180. The normalized spacial score (nSPS) is 11.2. The number of nitrogens with zero attached hydrogens (tertiary/aromatic N) is 2. The first-order valence-corrected chi connectivity index (χ1v) is 10.8. The van der Waals surface area contributed by atoms with E-state index in [-0.39, 0.29) is 29.2 Å². The molecule has 11 heteroatoms. The van der Waals surface area contributed by atoms with Gasteiger partial charge in [-0.2, -0.15) is 0 Å². The van der Waals surface area contributed by atoms with Crippen molar-refractivity contribution in [3.63, 3.8) is 0 Å². The number of aliphatic carboxylic acids is 1. The summed E-state index contributed by atoms with van der Waals surface area (Å²) in [6, 6.07) is 11.6. The van der Waals surface area contributed by atoms with Crippen LogP contribution in [-0.2, 0) is 14.3 Å². The van der Waals surface area contributed by atoms with Crippen molar-refractivity contribution < 1.29 is 33.3 Å². The summed E-state index contributed by atoms with van der Waals surface area (Å²) in [5.74, 6) is -0.819. The number of benzene rings is 2. The minimum Gasteiger partial charge on any atom is -0.496 e. The SMILES string of the molecule is CCOC(=O)COc1ccccc1/C=C(\Sc1nnc(-c2cc(Cl)ccc2OC)o1)C(=O)O. The molecule has 1 aromatic heterocycles. The third-order valence-corrected chi connectivity index (χ3v) is 5.15. The third-order valence-electron chi connectivity index (χ3n) is 4.06. The van der Waals surface area contributed by atoms with E-state index in [9.17, 15) is 14.7 Å². The van der Waals surface area contributed by atoms with E-state index in [0.717, 1.165) is 11.8 Å². The van der Waals surface area contributed by atoms with Crippen molar-refractivity contribution in [3.05, 3.63) is 58.0 Å². The van der Waals surface area contributed by atoms with Crippen LogP contribution in [0, 0.1) is 0 Å². The van der Waals surface area contributed by atoms with Crippen LogP contribution in [0.15, 0.2) is 57.0 Å². The zero-order valence-electron chi connectivity index (χ0n) is 17.6. The fourth-order valence-corrected chi connectivity index (χ4v) is 3.48. The van der Waals surface area contributed by atoms with Crippen LogP contribution < -0.4 is 9.47 Å². The molecule has 0 saturated carbocycles. The van der Waals surface area contributed by atoms with Gasteiger partial charge in [0, 0.05) is 10.6 Å². The Morgan fingerprint density at radius 1 is 1.18 bits per heavy atom. The van der Waals surface area contributed by atoms with Gasteiger partial charge in [0.1, 0.15) is 16.4 Å². The molecule has 33 heavy (non-hydrogen) atoms. The molecule has 172 valence electrons. The molecule has 0 spiro atoms. The maximum atomic E-state index is 11.9. The maximum Gasteiger partial charge on any atom is 0.344 e. The monoisotopic (exact) mass is 490 g/mol. The topological polar surface area (TPSA) is 121 Å². The number of halogens is 1. The van der Waals surface area contributed by atoms with Gasteiger partial charge in [0.25, 0.3) is 11.1 Å². The van der Waals surface area contributed by atoms with Crippen molar-refractivity contribution in [1.82, 2.24) is 10.2 Å². The summed E-state index contributed by atoms with van der Waals surface area (Å²) in [4.78, 5) is 23.3. The summed E-state index contributed by atoms with van der Waals surface area (Å²) in [5.41, 5.74) is 0.922. The Balaban J connectivity index is 1.84.